The van der Waals surface area contributed by atoms with E-state index in [0.717, 1.165) is 0 Å². The Kier molecular flexibility index (Phi) is 1.83. The van der Waals surface area contributed by atoms with Crippen molar-refractivity contribution in [2.45, 2.75) is 24.4 Å². The summed E-state index contributed by atoms with van der Waals surface area (Å²) >= 11 is 0. The van der Waals surface area contributed by atoms with E-state index in [1.165, 1.54) is 0 Å². The van der Waals surface area contributed by atoms with Crippen LogP contribution in [-0.4, -0.2) is 46.6 Å². The van der Waals surface area contributed by atoms with Crippen molar-refractivity contribution >= 4 is 11.9 Å². The third kappa shape index (κ3) is 1.01. The molecule has 4 rings (SSSR count). The first-order chi connectivity index (χ1) is 8.59. The second kappa shape index (κ2) is 3.13. The van der Waals surface area contributed by atoms with Crippen LogP contribution in [0.1, 0.15) is 0 Å². The van der Waals surface area contributed by atoms with Crippen LogP contribution in [0.4, 0.5) is 0 Å². The Morgan fingerprint density at radius 3 is 1.67 bits per heavy atom. The molecule has 4 aliphatic heterocycles. The lowest BCUT2D eigenvalue weighted by Gasteiger charge is -2.32. The zero-order chi connectivity index (χ0) is 12.6. The van der Waals surface area contributed by atoms with Crippen LogP contribution in [0.15, 0.2) is 12.2 Å². The van der Waals surface area contributed by atoms with E-state index in [1.807, 2.05) is 12.2 Å². The molecular weight excluding hydrogens is 240 g/mol. The van der Waals surface area contributed by atoms with E-state index < -0.39 is 36.0 Å². The average Bonchev–Trinajstić information content (AvgIpc) is 3.04. The van der Waals surface area contributed by atoms with Crippen LogP contribution in [0.2, 0.25) is 0 Å². The Morgan fingerprint density at radius 2 is 1.28 bits per heavy atom. The Bertz CT molecular complexity index is 431. The molecule has 96 valence electrons. The summed E-state index contributed by atoms with van der Waals surface area (Å²) in [6.45, 7) is 0. The molecule has 0 aromatic heterocycles. The summed E-state index contributed by atoms with van der Waals surface area (Å²) in [6.07, 6.45) is 2.60. The van der Waals surface area contributed by atoms with Gasteiger partial charge in [0.1, 0.15) is 0 Å². The van der Waals surface area contributed by atoms with Crippen LogP contribution in [-0.2, 0) is 19.1 Å². The lowest BCUT2D eigenvalue weighted by Crippen LogP contribution is -2.49. The second-order valence-corrected chi connectivity index (χ2v) is 5.40. The van der Waals surface area contributed by atoms with Gasteiger partial charge in [-0.2, -0.15) is 0 Å². The number of carbonyl (C=O) groups is 2. The first-order valence-electron chi connectivity index (χ1n) is 6.04. The SMILES string of the molecule is O=C(O)C1C2OC(C1C(=O)O)C1C3C=CC(O3)C21. The molecular formula is C12H12O6. The van der Waals surface area contributed by atoms with Gasteiger partial charge in [-0.05, 0) is 0 Å². The Hall–Kier alpha value is -1.40. The first-order valence-corrected chi connectivity index (χ1v) is 6.04. The Balaban J connectivity index is 1.76. The minimum atomic E-state index is -1.08. The molecule has 0 saturated carbocycles. The monoisotopic (exact) mass is 252 g/mol. The molecule has 0 aromatic carbocycles. The molecule has 0 amide bonds. The number of rotatable bonds is 2. The molecule has 8 unspecified atom stereocenters. The summed E-state index contributed by atoms with van der Waals surface area (Å²) in [7, 11) is 0. The summed E-state index contributed by atoms with van der Waals surface area (Å²) < 4.78 is 11.4. The largest absolute Gasteiger partial charge is 0.481 e. The summed E-state index contributed by atoms with van der Waals surface area (Å²) in [5.74, 6) is -4.07. The van der Waals surface area contributed by atoms with Crippen molar-refractivity contribution in [1.82, 2.24) is 0 Å². The van der Waals surface area contributed by atoms with Gasteiger partial charge in [0.25, 0.3) is 0 Å². The molecule has 6 heteroatoms. The van der Waals surface area contributed by atoms with Gasteiger partial charge < -0.3 is 19.7 Å². The third-order valence-corrected chi connectivity index (χ3v) is 4.75. The Morgan fingerprint density at radius 1 is 0.833 bits per heavy atom. The predicted octanol–water partition coefficient (Wildman–Crippen LogP) is -0.261. The van der Waals surface area contributed by atoms with Gasteiger partial charge in [-0.25, -0.2) is 0 Å². The number of hydrogen-bond acceptors (Lipinski definition) is 4. The number of carboxylic acid groups (broad SMARTS) is 2. The molecule has 0 aliphatic carbocycles. The molecule has 4 aliphatic rings. The van der Waals surface area contributed by atoms with E-state index in [-0.39, 0.29) is 24.0 Å². The van der Waals surface area contributed by atoms with E-state index in [2.05, 4.69) is 0 Å². The maximum absolute atomic E-state index is 11.3. The number of aliphatic carboxylic acids is 2. The van der Waals surface area contributed by atoms with E-state index >= 15 is 0 Å². The average molecular weight is 252 g/mol. The number of ether oxygens (including phenoxy) is 2. The number of fused-ring (bicyclic) bond motifs is 9. The van der Waals surface area contributed by atoms with Crippen molar-refractivity contribution in [2.75, 3.05) is 0 Å². The minimum Gasteiger partial charge on any atom is -0.481 e. The van der Waals surface area contributed by atoms with Crippen molar-refractivity contribution < 1.29 is 29.3 Å². The zero-order valence-electron chi connectivity index (χ0n) is 9.30. The summed E-state index contributed by atoms with van der Waals surface area (Å²) in [5.41, 5.74) is 0. The third-order valence-electron chi connectivity index (χ3n) is 4.75. The topological polar surface area (TPSA) is 93.1 Å². The fourth-order valence-corrected chi connectivity index (χ4v) is 4.19. The van der Waals surface area contributed by atoms with E-state index in [0.29, 0.717) is 0 Å². The highest BCUT2D eigenvalue weighted by Crippen LogP contribution is 2.58. The van der Waals surface area contributed by atoms with Gasteiger partial charge in [0.05, 0.1) is 36.3 Å². The normalized spacial score (nSPS) is 54.9. The number of carboxylic acids is 2. The zero-order valence-corrected chi connectivity index (χ0v) is 9.30. The van der Waals surface area contributed by atoms with Crippen LogP contribution in [0, 0.1) is 23.7 Å². The maximum atomic E-state index is 11.3. The minimum absolute atomic E-state index is 0.00157. The van der Waals surface area contributed by atoms with Crippen molar-refractivity contribution in [2.24, 2.45) is 23.7 Å². The molecule has 3 fully saturated rings. The molecule has 2 N–H and O–H groups in total. The highest BCUT2D eigenvalue weighted by molar-refractivity contribution is 5.82. The number of hydrogen-bond donors (Lipinski definition) is 2. The van der Waals surface area contributed by atoms with Gasteiger partial charge in [-0.15, -0.1) is 0 Å². The van der Waals surface area contributed by atoms with Gasteiger partial charge in [-0.3, -0.25) is 9.59 Å². The van der Waals surface area contributed by atoms with Crippen LogP contribution >= 0.6 is 0 Å². The van der Waals surface area contributed by atoms with Crippen molar-refractivity contribution in [1.29, 1.82) is 0 Å². The lowest BCUT2D eigenvalue weighted by atomic mass is 9.65. The molecule has 4 heterocycles. The maximum Gasteiger partial charge on any atom is 0.310 e. The molecule has 0 radical (unpaired) electrons. The van der Waals surface area contributed by atoms with Gasteiger partial charge in [0.2, 0.25) is 0 Å². The van der Waals surface area contributed by atoms with Gasteiger partial charge in [0.15, 0.2) is 0 Å². The highest BCUT2D eigenvalue weighted by Gasteiger charge is 2.70. The molecule has 0 spiro atoms. The fraction of sp³-hybridized carbons (Fsp3) is 0.667. The van der Waals surface area contributed by atoms with Crippen LogP contribution in [0.3, 0.4) is 0 Å². The van der Waals surface area contributed by atoms with E-state index in [1.54, 1.807) is 0 Å². The van der Waals surface area contributed by atoms with E-state index in [9.17, 15) is 19.8 Å². The van der Waals surface area contributed by atoms with Gasteiger partial charge in [0, 0.05) is 11.8 Å². The fourth-order valence-electron chi connectivity index (χ4n) is 4.19. The molecule has 18 heavy (non-hydrogen) atoms. The Labute approximate surface area is 102 Å². The summed E-state index contributed by atoms with van der Waals surface area (Å²) in [5, 5.41) is 18.5. The standard InChI is InChI=1S/C12H12O6/c13-11(14)7-8(12(15)16)10-6-4-2-1-3(17-4)5(6)9(7)18-10/h1-10H,(H,13,14)(H,15,16). The lowest BCUT2D eigenvalue weighted by molar-refractivity contribution is -0.155. The van der Waals surface area contributed by atoms with Crippen molar-refractivity contribution in [3.8, 4) is 0 Å². The smallest absolute Gasteiger partial charge is 0.310 e. The predicted molar refractivity (Wildman–Crippen MR) is 55.7 cm³/mol. The highest BCUT2D eigenvalue weighted by atomic mass is 16.5. The molecule has 4 bridgehead atoms. The molecule has 3 saturated heterocycles. The molecule has 6 nitrogen and oxygen atoms in total. The molecule has 0 aromatic rings. The van der Waals surface area contributed by atoms with Crippen molar-refractivity contribution in [3.63, 3.8) is 0 Å². The second-order valence-electron chi connectivity index (χ2n) is 5.40. The van der Waals surface area contributed by atoms with Gasteiger partial charge in [-0.1, -0.05) is 12.2 Å². The van der Waals surface area contributed by atoms with Crippen LogP contribution < -0.4 is 0 Å². The van der Waals surface area contributed by atoms with Gasteiger partial charge >= 0.3 is 11.9 Å². The first kappa shape index (κ1) is 10.5. The quantitative estimate of drug-likeness (QED) is 0.658. The van der Waals surface area contributed by atoms with Crippen LogP contribution in [0.25, 0.3) is 0 Å². The molecule has 8 atom stereocenters. The summed E-state index contributed by atoms with van der Waals surface area (Å²) in [4.78, 5) is 22.6. The van der Waals surface area contributed by atoms with Crippen LogP contribution in [0.5, 0.6) is 0 Å². The summed E-state index contributed by atoms with van der Waals surface area (Å²) in [6, 6.07) is 0. The van der Waals surface area contributed by atoms with Crippen molar-refractivity contribution in [3.05, 3.63) is 12.2 Å². The van der Waals surface area contributed by atoms with E-state index in [4.69, 9.17) is 9.47 Å².